The summed E-state index contributed by atoms with van der Waals surface area (Å²) in [4.78, 5) is 0. The van der Waals surface area contributed by atoms with Crippen LogP contribution in [0.5, 0.6) is 0 Å². The summed E-state index contributed by atoms with van der Waals surface area (Å²) in [6.45, 7) is 6.49. The van der Waals surface area contributed by atoms with E-state index in [1.54, 1.807) is 0 Å². The van der Waals surface area contributed by atoms with Crippen molar-refractivity contribution in [1.82, 2.24) is 5.32 Å². The van der Waals surface area contributed by atoms with E-state index in [2.05, 4.69) is 38.2 Å². The second kappa shape index (κ2) is 4.34. The SMILES string of the molecule is C/C=C\C1=C(C)NC(CC)CC1. The molecule has 1 aliphatic rings. The lowest BCUT2D eigenvalue weighted by Crippen LogP contribution is -2.31. The van der Waals surface area contributed by atoms with Gasteiger partial charge >= 0.3 is 0 Å². The van der Waals surface area contributed by atoms with Gasteiger partial charge in [-0.1, -0.05) is 19.1 Å². The lowest BCUT2D eigenvalue weighted by molar-refractivity contribution is 0.484. The molecule has 0 fully saturated rings. The minimum absolute atomic E-state index is 0.707. The lowest BCUT2D eigenvalue weighted by atomic mass is 9.97. The molecule has 0 saturated heterocycles. The summed E-state index contributed by atoms with van der Waals surface area (Å²) in [6, 6.07) is 0.707. The van der Waals surface area contributed by atoms with E-state index in [0.717, 1.165) is 0 Å². The second-order valence-electron chi connectivity index (χ2n) is 3.44. The number of hydrogen-bond donors (Lipinski definition) is 1. The van der Waals surface area contributed by atoms with Crippen LogP contribution < -0.4 is 5.32 Å². The van der Waals surface area contributed by atoms with Gasteiger partial charge in [0.25, 0.3) is 0 Å². The third-order valence-electron chi connectivity index (χ3n) is 2.53. The van der Waals surface area contributed by atoms with Crippen molar-refractivity contribution in [3.8, 4) is 0 Å². The zero-order chi connectivity index (χ0) is 8.97. The molecule has 0 bridgehead atoms. The number of hydrogen-bond acceptors (Lipinski definition) is 1. The fourth-order valence-corrected chi connectivity index (χ4v) is 1.70. The van der Waals surface area contributed by atoms with Crippen molar-refractivity contribution in [1.29, 1.82) is 0 Å². The molecule has 0 aromatic rings. The molecule has 0 aromatic heterocycles. The van der Waals surface area contributed by atoms with Crippen molar-refractivity contribution in [2.24, 2.45) is 0 Å². The molecule has 1 nitrogen and oxygen atoms in total. The van der Waals surface area contributed by atoms with Gasteiger partial charge in [0.2, 0.25) is 0 Å². The third kappa shape index (κ3) is 2.13. The van der Waals surface area contributed by atoms with Crippen LogP contribution in [0, 0.1) is 0 Å². The molecule has 0 saturated carbocycles. The van der Waals surface area contributed by atoms with Crippen LogP contribution in [0.4, 0.5) is 0 Å². The molecule has 1 atom stereocenters. The van der Waals surface area contributed by atoms with Crippen LogP contribution in [0.1, 0.15) is 40.0 Å². The first-order chi connectivity index (χ1) is 5.77. The standard InChI is InChI=1S/C11H19N/c1-4-6-10-7-8-11(5-2)12-9(10)3/h4,6,11-12H,5,7-8H2,1-3H3/b6-4-. The average molecular weight is 165 g/mol. The molecule has 0 aliphatic carbocycles. The molecule has 1 aliphatic heterocycles. The van der Waals surface area contributed by atoms with Gasteiger partial charge in [0, 0.05) is 11.7 Å². The molecule has 0 amide bonds. The van der Waals surface area contributed by atoms with E-state index in [-0.39, 0.29) is 0 Å². The smallest absolute Gasteiger partial charge is 0.0258 e. The van der Waals surface area contributed by atoms with Crippen LogP contribution in [0.15, 0.2) is 23.4 Å². The summed E-state index contributed by atoms with van der Waals surface area (Å²) in [5.74, 6) is 0. The highest BCUT2D eigenvalue weighted by Gasteiger charge is 2.13. The fourth-order valence-electron chi connectivity index (χ4n) is 1.70. The van der Waals surface area contributed by atoms with Crippen molar-refractivity contribution < 1.29 is 0 Å². The van der Waals surface area contributed by atoms with E-state index in [1.165, 1.54) is 30.5 Å². The molecule has 68 valence electrons. The number of allylic oxidation sites excluding steroid dienone is 4. The van der Waals surface area contributed by atoms with E-state index >= 15 is 0 Å². The summed E-state index contributed by atoms with van der Waals surface area (Å²) < 4.78 is 0. The Morgan fingerprint density at radius 2 is 2.33 bits per heavy atom. The van der Waals surface area contributed by atoms with Gasteiger partial charge in [-0.05, 0) is 38.7 Å². The summed E-state index contributed by atoms with van der Waals surface area (Å²) >= 11 is 0. The van der Waals surface area contributed by atoms with E-state index < -0.39 is 0 Å². The molecule has 12 heavy (non-hydrogen) atoms. The van der Waals surface area contributed by atoms with E-state index in [4.69, 9.17) is 0 Å². The zero-order valence-electron chi connectivity index (χ0n) is 8.35. The highest BCUT2D eigenvalue weighted by atomic mass is 14.9. The number of rotatable bonds is 2. The Labute approximate surface area is 75.6 Å². The zero-order valence-corrected chi connectivity index (χ0v) is 8.35. The van der Waals surface area contributed by atoms with Gasteiger partial charge in [-0.15, -0.1) is 0 Å². The van der Waals surface area contributed by atoms with Gasteiger partial charge < -0.3 is 5.32 Å². The minimum atomic E-state index is 0.707. The highest BCUT2D eigenvalue weighted by Crippen LogP contribution is 2.20. The summed E-state index contributed by atoms with van der Waals surface area (Å²) in [7, 11) is 0. The molecular weight excluding hydrogens is 146 g/mol. The Bertz CT molecular complexity index is 201. The van der Waals surface area contributed by atoms with Crippen LogP contribution in [0.2, 0.25) is 0 Å². The molecule has 1 heteroatoms. The molecule has 1 N–H and O–H groups in total. The predicted octanol–water partition coefficient (Wildman–Crippen LogP) is 3.00. The largest absolute Gasteiger partial charge is 0.386 e. The Morgan fingerprint density at radius 3 is 2.83 bits per heavy atom. The molecular formula is C11H19N. The maximum Gasteiger partial charge on any atom is 0.0258 e. The van der Waals surface area contributed by atoms with Crippen LogP contribution in [0.3, 0.4) is 0 Å². The normalized spacial score (nSPS) is 24.8. The molecule has 0 aromatic carbocycles. The van der Waals surface area contributed by atoms with Crippen molar-refractivity contribution in [2.45, 2.75) is 46.1 Å². The first kappa shape index (κ1) is 9.37. The highest BCUT2D eigenvalue weighted by molar-refractivity contribution is 5.25. The molecule has 1 unspecified atom stereocenters. The Balaban J connectivity index is 2.64. The van der Waals surface area contributed by atoms with Crippen LogP contribution in [0.25, 0.3) is 0 Å². The maximum absolute atomic E-state index is 3.53. The molecule has 1 heterocycles. The summed E-state index contributed by atoms with van der Waals surface area (Å²) in [5.41, 5.74) is 2.84. The maximum atomic E-state index is 3.53. The number of nitrogens with one attached hydrogen (secondary N) is 1. The molecule has 0 radical (unpaired) electrons. The summed E-state index contributed by atoms with van der Waals surface area (Å²) in [5, 5.41) is 3.53. The predicted molar refractivity (Wildman–Crippen MR) is 54.0 cm³/mol. The Kier molecular flexibility index (Phi) is 3.39. The average Bonchev–Trinajstić information content (AvgIpc) is 2.09. The van der Waals surface area contributed by atoms with Crippen LogP contribution in [-0.2, 0) is 0 Å². The second-order valence-corrected chi connectivity index (χ2v) is 3.44. The first-order valence-electron chi connectivity index (χ1n) is 4.87. The van der Waals surface area contributed by atoms with Crippen molar-refractivity contribution in [2.75, 3.05) is 0 Å². The lowest BCUT2D eigenvalue weighted by Gasteiger charge is -2.26. The minimum Gasteiger partial charge on any atom is -0.386 e. The quantitative estimate of drug-likeness (QED) is 0.663. The fraction of sp³-hybridized carbons (Fsp3) is 0.636. The van der Waals surface area contributed by atoms with Crippen LogP contribution in [-0.4, -0.2) is 6.04 Å². The monoisotopic (exact) mass is 165 g/mol. The van der Waals surface area contributed by atoms with Crippen LogP contribution >= 0.6 is 0 Å². The van der Waals surface area contributed by atoms with Gasteiger partial charge in [0.15, 0.2) is 0 Å². The Hall–Kier alpha value is -0.720. The van der Waals surface area contributed by atoms with E-state index in [0.29, 0.717) is 6.04 Å². The van der Waals surface area contributed by atoms with Gasteiger partial charge in [-0.2, -0.15) is 0 Å². The molecule has 1 rings (SSSR count). The Morgan fingerprint density at radius 1 is 1.58 bits per heavy atom. The van der Waals surface area contributed by atoms with Gasteiger partial charge in [-0.25, -0.2) is 0 Å². The first-order valence-corrected chi connectivity index (χ1v) is 4.87. The van der Waals surface area contributed by atoms with Gasteiger partial charge in [0.1, 0.15) is 0 Å². The van der Waals surface area contributed by atoms with Gasteiger partial charge in [-0.3, -0.25) is 0 Å². The van der Waals surface area contributed by atoms with E-state index in [1.807, 2.05) is 0 Å². The van der Waals surface area contributed by atoms with Gasteiger partial charge in [0.05, 0.1) is 0 Å². The van der Waals surface area contributed by atoms with Crippen molar-refractivity contribution in [3.05, 3.63) is 23.4 Å². The van der Waals surface area contributed by atoms with E-state index in [9.17, 15) is 0 Å². The van der Waals surface area contributed by atoms with Crippen molar-refractivity contribution >= 4 is 0 Å². The third-order valence-corrected chi connectivity index (χ3v) is 2.53. The summed E-state index contributed by atoms with van der Waals surface area (Å²) in [6.07, 6.45) is 8.09. The molecule has 0 spiro atoms. The topological polar surface area (TPSA) is 12.0 Å². The van der Waals surface area contributed by atoms with Crippen molar-refractivity contribution in [3.63, 3.8) is 0 Å².